The number of carbonyl (C=O) groups excluding carboxylic acids is 1. The molecule has 9 heteroatoms. The Bertz CT molecular complexity index is 1290. The molecule has 0 spiro atoms. The first kappa shape index (κ1) is 21.2. The summed E-state index contributed by atoms with van der Waals surface area (Å²) in [5, 5.41) is 16.4. The van der Waals surface area contributed by atoms with Gasteiger partial charge in [0.05, 0.1) is 17.4 Å². The van der Waals surface area contributed by atoms with Crippen LogP contribution in [0.4, 0.5) is 5.82 Å². The third-order valence-electron chi connectivity index (χ3n) is 5.93. The standard InChI is InChI=1S/C24H26N8O/c1-30-7-9-32(10-8-30)16-21-12-18(5-6-25-21)24(33)27-23-13-19-11-17(3-4-22(19)28-29-23)20-14-26-31(2)15-20/h3-6,11-15H,7-10,16H2,1-2H3,(H,27,29,33). The highest BCUT2D eigenvalue weighted by Gasteiger charge is 2.16. The van der Waals surface area contributed by atoms with Crippen molar-refractivity contribution >= 4 is 22.6 Å². The van der Waals surface area contributed by atoms with Crippen molar-refractivity contribution in [3.63, 3.8) is 0 Å². The van der Waals surface area contributed by atoms with Gasteiger partial charge >= 0.3 is 0 Å². The minimum absolute atomic E-state index is 0.228. The fourth-order valence-electron chi connectivity index (χ4n) is 3.99. The van der Waals surface area contributed by atoms with Crippen LogP contribution in [-0.4, -0.2) is 73.9 Å². The fraction of sp³-hybridized carbons (Fsp3) is 0.292. The molecule has 0 saturated carbocycles. The normalized spacial score (nSPS) is 15.1. The third kappa shape index (κ3) is 4.89. The summed E-state index contributed by atoms with van der Waals surface area (Å²) in [4.78, 5) is 22.0. The lowest BCUT2D eigenvalue weighted by atomic mass is 10.1. The lowest BCUT2D eigenvalue weighted by molar-refractivity contribution is 0.102. The van der Waals surface area contributed by atoms with Gasteiger partial charge in [-0.3, -0.25) is 19.4 Å². The number of hydrogen-bond acceptors (Lipinski definition) is 7. The number of piperazine rings is 1. The Morgan fingerprint density at radius 1 is 1.00 bits per heavy atom. The monoisotopic (exact) mass is 442 g/mol. The average molecular weight is 443 g/mol. The number of pyridine rings is 1. The van der Waals surface area contributed by atoms with Crippen LogP contribution >= 0.6 is 0 Å². The van der Waals surface area contributed by atoms with E-state index in [1.54, 1.807) is 16.9 Å². The molecular weight excluding hydrogens is 416 g/mol. The number of rotatable bonds is 5. The average Bonchev–Trinajstić information content (AvgIpc) is 3.26. The smallest absolute Gasteiger partial charge is 0.256 e. The Morgan fingerprint density at radius 2 is 1.85 bits per heavy atom. The first-order valence-electron chi connectivity index (χ1n) is 11.0. The molecule has 0 atom stereocenters. The summed E-state index contributed by atoms with van der Waals surface area (Å²) >= 11 is 0. The molecule has 1 N–H and O–H groups in total. The fourth-order valence-corrected chi connectivity index (χ4v) is 3.99. The predicted molar refractivity (Wildman–Crippen MR) is 127 cm³/mol. The van der Waals surface area contributed by atoms with Crippen molar-refractivity contribution in [2.75, 3.05) is 38.5 Å². The van der Waals surface area contributed by atoms with Crippen molar-refractivity contribution in [3.05, 3.63) is 66.2 Å². The van der Waals surface area contributed by atoms with Crippen molar-refractivity contribution < 1.29 is 4.79 Å². The van der Waals surface area contributed by atoms with Crippen LogP contribution in [-0.2, 0) is 13.6 Å². The van der Waals surface area contributed by atoms with E-state index in [0.29, 0.717) is 11.4 Å². The van der Waals surface area contributed by atoms with Crippen LogP contribution in [0, 0.1) is 0 Å². The van der Waals surface area contributed by atoms with Gasteiger partial charge in [-0.25, -0.2) is 0 Å². The van der Waals surface area contributed by atoms with E-state index in [4.69, 9.17) is 0 Å². The Balaban J connectivity index is 1.31. The summed E-state index contributed by atoms with van der Waals surface area (Å²) in [6, 6.07) is 11.3. The lowest BCUT2D eigenvalue weighted by Gasteiger charge is -2.32. The maximum absolute atomic E-state index is 12.9. The summed E-state index contributed by atoms with van der Waals surface area (Å²) in [7, 11) is 4.02. The molecule has 1 aromatic carbocycles. The summed E-state index contributed by atoms with van der Waals surface area (Å²) in [5.41, 5.74) is 4.26. The van der Waals surface area contributed by atoms with E-state index in [-0.39, 0.29) is 5.91 Å². The van der Waals surface area contributed by atoms with Crippen molar-refractivity contribution in [2.45, 2.75) is 6.54 Å². The number of hydrogen-bond donors (Lipinski definition) is 1. The lowest BCUT2D eigenvalue weighted by Crippen LogP contribution is -2.44. The molecule has 0 radical (unpaired) electrons. The van der Waals surface area contributed by atoms with Gasteiger partial charge in [0.1, 0.15) is 0 Å². The molecule has 3 aromatic heterocycles. The molecular formula is C24H26N8O. The van der Waals surface area contributed by atoms with Gasteiger partial charge in [-0.05, 0) is 42.9 Å². The van der Waals surface area contributed by atoms with Gasteiger partial charge in [0.25, 0.3) is 5.91 Å². The van der Waals surface area contributed by atoms with Crippen molar-refractivity contribution in [1.82, 2.24) is 34.8 Å². The van der Waals surface area contributed by atoms with E-state index in [1.165, 1.54) is 0 Å². The topological polar surface area (TPSA) is 92.1 Å². The van der Waals surface area contributed by atoms with Crippen LogP contribution < -0.4 is 5.32 Å². The minimum atomic E-state index is -0.228. The number of nitrogens with zero attached hydrogens (tertiary/aromatic N) is 7. The zero-order valence-electron chi connectivity index (χ0n) is 18.8. The van der Waals surface area contributed by atoms with Gasteiger partial charge in [-0.1, -0.05) is 6.07 Å². The molecule has 1 amide bonds. The Kier molecular flexibility index (Phi) is 5.80. The quantitative estimate of drug-likeness (QED) is 0.507. The molecule has 0 bridgehead atoms. The van der Waals surface area contributed by atoms with Gasteiger partial charge in [-0.2, -0.15) is 5.10 Å². The molecule has 33 heavy (non-hydrogen) atoms. The third-order valence-corrected chi connectivity index (χ3v) is 5.93. The summed E-state index contributed by atoms with van der Waals surface area (Å²) < 4.78 is 1.77. The largest absolute Gasteiger partial charge is 0.305 e. The van der Waals surface area contributed by atoms with E-state index in [1.807, 2.05) is 49.8 Å². The molecule has 1 saturated heterocycles. The molecule has 1 fully saturated rings. The highest BCUT2D eigenvalue weighted by molar-refractivity contribution is 6.04. The number of nitrogens with one attached hydrogen (secondary N) is 1. The molecule has 0 unspecified atom stereocenters. The number of aromatic nitrogens is 5. The summed E-state index contributed by atoms with van der Waals surface area (Å²) in [6.45, 7) is 4.83. The minimum Gasteiger partial charge on any atom is -0.305 e. The van der Waals surface area contributed by atoms with E-state index in [0.717, 1.165) is 60.4 Å². The Hall–Kier alpha value is -3.69. The first-order valence-corrected chi connectivity index (χ1v) is 11.0. The second kappa shape index (κ2) is 9.05. The molecule has 168 valence electrons. The van der Waals surface area contributed by atoms with Crippen LogP contribution in [0.15, 0.2) is 55.0 Å². The number of benzene rings is 1. The van der Waals surface area contributed by atoms with E-state index in [9.17, 15) is 4.79 Å². The van der Waals surface area contributed by atoms with E-state index >= 15 is 0 Å². The zero-order valence-corrected chi connectivity index (χ0v) is 18.8. The van der Waals surface area contributed by atoms with Crippen LogP contribution in [0.3, 0.4) is 0 Å². The van der Waals surface area contributed by atoms with Crippen LogP contribution in [0.2, 0.25) is 0 Å². The van der Waals surface area contributed by atoms with Gasteiger partial charge in [0.2, 0.25) is 0 Å². The second-order valence-corrected chi connectivity index (χ2v) is 8.48. The Labute approximate surface area is 192 Å². The number of carbonyl (C=O) groups is 1. The number of amides is 1. The SMILES string of the molecule is CN1CCN(Cc2cc(C(=O)Nc3cc4cc(-c5cnn(C)c5)ccc4nn3)ccn2)CC1. The zero-order chi connectivity index (χ0) is 22.8. The molecule has 0 aliphatic carbocycles. The first-order chi connectivity index (χ1) is 16.0. The predicted octanol–water partition coefficient (Wildman–Crippen LogP) is 2.43. The highest BCUT2D eigenvalue weighted by Crippen LogP contribution is 2.24. The number of fused-ring (bicyclic) bond motifs is 1. The number of likely N-dealkylation sites (N-methyl/N-ethyl adjacent to an activating group) is 1. The molecule has 4 heterocycles. The molecule has 9 nitrogen and oxygen atoms in total. The molecule has 4 aromatic rings. The van der Waals surface area contributed by atoms with Gasteiger partial charge in [0.15, 0.2) is 5.82 Å². The van der Waals surface area contributed by atoms with Gasteiger partial charge < -0.3 is 10.2 Å². The van der Waals surface area contributed by atoms with Crippen molar-refractivity contribution in [2.24, 2.45) is 7.05 Å². The summed E-state index contributed by atoms with van der Waals surface area (Å²) in [6.07, 6.45) is 5.47. The Morgan fingerprint density at radius 3 is 2.64 bits per heavy atom. The van der Waals surface area contributed by atoms with E-state index in [2.05, 4.69) is 42.4 Å². The highest BCUT2D eigenvalue weighted by atomic mass is 16.1. The van der Waals surface area contributed by atoms with Crippen molar-refractivity contribution in [1.29, 1.82) is 0 Å². The van der Waals surface area contributed by atoms with Gasteiger partial charge in [-0.15, -0.1) is 10.2 Å². The maximum Gasteiger partial charge on any atom is 0.256 e. The van der Waals surface area contributed by atoms with E-state index < -0.39 is 0 Å². The molecule has 1 aliphatic rings. The van der Waals surface area contributed by atoms with Crippen LogP contribution in [0.25, 0.3) is 22.0 Å². The summed E-state index contributed by atoms with van der Waals surface area (Å²) in [5.74, 6) is 0.183. The number of aryl methyl sites for hydroxylation is 1. The molecule has 1 aliphatic heterocycles. The van der Waals surface area contributed by atoms with Gasteiger partial charge in [0, 0.05) is 68.7 Å². The van der Waals surface area contributed by atoms with Crippen molar-refractivity contribution in [3.8, 4) is 11.1 Å². The van der Waals surface area contributed by atoms with Crippen LogP contribution in [0.1, 0.15) is 16.1 Å². The molecule has 5 rings (SSSR count). The number of anilines is 1. The van der Waals surface area contributed by atoms with Crippen LogP contribution in [0.5, 0.6) is 0 Å². The second-order valence-electron chi connectivity index (χ2n) is 8.48. The maximum atomic E-state index is 12.9.